The van der Waals surface area contributed by atoms with Crippen LogP contribution in [0.1, 0.15) is 194 Å². The van der Waals surface area contributed by atoms with Crippen molar-refractivity contribution < 1.29 is 28.6 Å². The van der Waals surface area contributed by atoms with Gasteiger partial charge in [0.1, 0.15) is 13.2 Å². The Morgan fingerprint density at radius 2 is 0.690 bits per heavy atom. The van der Waals surface area contributed by atoms with Crippen LogP contribution >= 0.6 is 0 Å². The second-order valence-corrected chi connectivity index (χ2v) is 15.0. The second-order valence-electron chi connectivity index (χ2n) is 15.0. The Morgan fingerprint density at radius 1 is 0.362 bits per heavy atom. The van der Waals surface area contributed by atoms with Crippen molar-refractivity contribution in [3.05, 3.63) is 97.2 Å². The van der Waals surface area contributed by atoms with E-state index in [1.165, 1.54) is 32.1 Å². The summed E-state index contributed by atoms with van der Waals surface area (Å²) in [6, 6.07) is 0. The highest BCUT2D eigenvalue weighted by Gasteiger charge is 2.19. The highest BCUT2D eigenvalue weighted by molar-refractivity contribution is 5.71. The fraction of sp³-hybridized carbons (Fsp3) is 0.635. The van der Waals surface area contributed by atoms with Gasteiger partial charge in [0.2, 0.25) is 0 Å². The Labute approximate surface area is 356 Å². The molecule has 0 bridgehead atoms. The first kappa shape index (κ1) is 54.3. The number of hydrogen-bond acceptors (Lipinski definition) is 6. The molecular weight excluding hydrogens is 721 g/mol. The minimum absolute atomic E-state index is 0.0999. The second kappa shape index (κ2) is 46.0. The monoisotopic (exact) mass is 805 g/mol. The summed E-state index contributed by atoms with van der Waals surface area (Å²) in [5.74, 6) is -0.962. The number of rotatable bonds is 40. The molecule has 58 heavy (non-hydrogen) atoms. The molecule has 0 saturated heterocycles. The van der Waals surface area contributed by atoms with Crippen LogP contribution in [0.5, 0.6) is 0 Å². The maximum absolute atomic E-state index is 12.7. The zero-order valence-corrected chi connectivity index (χ0v) is 37.3. The van der Waals surface area contributed by atoms with Crippen LogP contribution in [0.4, 0.5) is 0 Å². The van der Waals surface area contributed by atoms with E-state index in [1.807, 2.05) is 30.4 Å². The minimum Gasteiger partial charge on any atom is -0.462 e. The molecule has 1 atom stereocenters. The molecule has 0 saturated carbocycles. The van der Waals surface area contributed by atoms with Crippen LogP contribution in [-0.4, -0.2) is 37.2 Å². The molecule has 0 aromatic carbocycles. The summed E-state index contributed by atoms with van der Waals surface area (Å²) in [6.07, 6.45) is 59.5. The van der Waals surface area contributed by atoms with Crippen molar-refractivity contribution in [2.75, 3.05) is 13.2 Å². The van der Waals surface area contributed by atoms with Gasteiger partial charge in [-0.2, -0.15) is 0 Å². The maximum Gasteiger partial charge on any atom is 0.306 e. The van der Waals surface area contributed by atoms with E-state index in [4.69, 9.17) is 14.2 Å². The van der Waals surface area contributed by atoms with Crippen LogP contribution in [0.15, 0.2) is 97.2 Å². The van der Waals surface area contributed by atoms with E-state index in [0.29, 0.717) is 19.3 Å². The van der Waals surface area contributed by atoms with Gasteiger partial charge in [-0.25, -0.2) is 0 Å². The van der Waals surface area contributed by atoms with Crippen molar-refractivity contribution in [2.24, 2.45) is 0 Å². The van der Waals surface area contributed by atoms with Gasteiger partial charge in [0.25, 0.3) is 0 Å². The Hall–Kier alpha value is -3.67. The molecule has 0 N–H and O–H groups in total. The van der Waals surface area contributed by atoms with Crippen molar-refractivity contribution in [1.29, 1.82) is 0 Å². The first-order valence-electron chi connectivity index (χ1n) is 23.3. The Balaban J connectivity index is 4.49. The Bertz CT molecular complexity index is 1200. The van der Waals surface area contributed by atoms with Gasteiger partial charge in [-0.1, -0.05) is 189 Å². The molecule has 0 aromatic heterocycles. The van der Waals surface area contributed by atoms with Gasteiger partial charge in [0.15, 0.2) is 6.10 Å². The number of unbranched alkanes of at least 4 members (excludes halogenated alkanes) is 18. The Kier molecular flexibility index (Phi) is 43.1. The molecule has 6 nitrogen and oxygen atoms in total. The number of carbonyl (C=O) groups is 3. The topological polar surface area (TPSA) is 78.9 Å². The summed E-state index contributed by atoms with van der Waals surface area (Å²) < 4.78 is 16.7. The van der Waals surface area contributed by atoms with Gasteiger partial charge in [-0.15, -0.1) is 0 Å². The molecule has 6 heteroatoms. The van der Waals surface area contributed by atoms with E-state index in [2.05, 4.69) is 87.6 Å². The smallest absolute Gasteiger partial charge is 0.306 e. The number of ether oxygens (including phenoxy) is 3. The summed E-state index contributed by atoms with van der Waals surface area (Å²) in [4.78, 5) is 37.8. The summed E-state index contributed by atoms with van der Waals surface area (Å²) in [5, 5.41) is 0. The highest BCUT2D eigenvalue weighted by atomic mass is 16.6. The van der Waals surface area contributed by atoms with Gasteiger partial charge in [-0.05, 0) is 83.5 Å². The average Bonchev–Trinajstić information content (AvgIpc) is 3.22. The van der Waals surface area contributed by atoms with Crippen LogP contribution in [0.3, 0.4) is 0 Å². The molecule has 0 aliphatic rings. The average molecular weight is 805 g/mol. The number of hydrogen-bond donors (Lipinski definition) is 0. The molecule has 328 valence electrons. The van der Waals surface area contributed by atoms with E-state index in [1.54, 1.807) is 0 Å². The van der Waals surface area contributed by atoms with E-state index >= 15 is 0 Å². The molecule has 0 aliphatic heterocycles. The molecular formula is C52H84O6. The highest BCUT2D eigenvalue weighted by Crippen LogP contribution is 2.13. The summed E-state index contributed by atoms with van der Waals surface area (Å²) >= 11 is 0. The van der Waals surface area contributed by atoms with Crippen LogP contribution in [0.25, 0.3) is 0 Å². The lowest BCUT2D eigenvalue weighted by Crippen LogP contribution is -2.30. The van der Waals surface area contributed by atoms with E-state index < -0.39 is 6.10 Å². The third-order valence-corrected chi connectivity index (χ3v) is 9.46. The van der Waals surface area contributed by atoms with Crippen molar-refractivity contribution in [3.8, 4) is 0 Å². The molecule has 0 aromatic rings. The predicted octanol–water partition coefficient (Wildman–Crippen LogP) is 15.0. The van der Waals surface area contributed by atoms with Crippen molar-refractivity contribution in [2.45, 2.75) is 200 Å². The van der Waals surface area contributed by atoms with Gasteiger partial charge in [-0.3, -0.25) is 14.4 Å². The molecule has 0 fully saturated rings. The fourth-order valence-electron chi connectivity index (χ4n) is 5.97. The quantitative estimate of drug-likeness (QED) is 0.0202. The third kappa shape index (κ3) is 43.5. The Morgan fingerprint density at radius 3 is 1.10 bits per heavy atom. The number of carbonyl (C=O) groups excluding carboxylic acids is 3. The third-order valence-electron chi connectivity index (χ3n) is 9.46. The normalized spacial score (nSPS) is 12.9. The molecule has 0 radical (unpaired) electrons. The van der Waals surface area contributed by atoms with Crippen molar-refractivity contribution >= 4 is 17.9 Å². The van der Waals surface area contributed by atoms with Crippen molar-refractivity contribution in [3.63, 3.8) is 0 Å². The molecule has 0 amide bonds. The molecule has 1 unspecified atom stereocenters. The lowest BCUT2D eigenvalue weighted by atomic mass is 10.1. The fourth-order valence-corrected chi connectivity index (χ4v) is 5.97. The van der Waals surface area contributed by atoms with E-state index in [9.17, 15) is 14.4 Å². The van der Waals surface area contributed by atoms with Gasteiger partial charge in [0, 0.05) is 19.3 Å². The predicted molar refractivity (Wildman–Crippen MR) is 247 cm³/mol. The summed E-state index contributed by atoms with van der Waals surface area (Å²) in [5.41, 5.74) is 0. The van der Waals surface area contributed by atoms with Crippen LogP contribution in [0, 0.1) is 0 Å². The molecule has 0 aliphatic carbocycles. The summed E-state index contributed by atoms with van der Waals surface area (Å²) in [6.45, 7) is 6.27. The largest absolute Gasteiger partial charge is 0.462 e. The van der Waals surface area contributed by atoms with Gasteiger partial charge < -0.3 is 14.2 Å². The van der Waals surface area contributed by atoms with Crippen LogP contribution in [-0.2, 0) is 28.6 Å². The van der Waals surface area contributed by atoms with Gasteiger partial charge >= 0.3 is 17.9 Å². The first-order valence-corrected chi connectivity index (χ1v) is 23.3. The molecule has 0 spiro atoms. The summed E-state index contributed by atoms with van der Waals surface area (Å²) in [7, 11) is 0. The number of allylic oxidation sites excluding steroid dienone is 16. The maximum atomic E-state index is 12.7. The lowest BCUT2D eigenvalue weighted by molar-refractivity contribution is -0.167. The number of esters is 3. The SMILES string of the molecule is CC\C=C/C=C\C=C/C=C\CCCCCCCC(=O)OCC(COC(=O)CCCCCCC/C=C\CCCCC)OC(=O)CCCCCCC\C=C/C=C\C=C/CC. The van der Waals surface area contributed by atoms with Crippen LogP contribution < -0.4 is 0 Å². The zero-order chi connectivity index (χ0) is 42.3. The first-order chi connectivity index (χ1) is 28.5. The lowest BCUT2D eigenvalue weighted by Gasteiger charge is -2.18. The standard InChI is InChI=1S/C52H84O6/c1-4-7-10-13-16-19-22-25-26-28-30-33-36-39-42-45-51(54)57-48-49(47-56-50(53)44-41-38-35-32-29-24-21-18-15-12-9-6-3)58-52(55)46-43-40-37-34-31-27-23-20-17-14-11-8-5-2/h7-8,10-11,13-14,16-23,25-26,49H,4-6,9,12,15,24,27-48H2,1-3H3/b10-7-,11-8-,16-13-,17-14-,21-18-,22-19-,23-20-,26-25-. The molecule has 0 heterocycles. The zero-order valence-electron chi connectivity index (χ0n) is 37.3. The molecule has 0 rings (SSSR count). The van der Waals surface area contributed by atoms with E-state index in [-0.39, 0.29) is 31.1 Å². The van der Waals surface area contributed by atoms with E-state index in [0.717, 1.165) is 122 Å². The van der Waals surface area contributed by atoms with Gasteiger partial charge in [0.05, 0.1) is 0 Å². The van der Waals surface area contributed by atoms with Crippen LogP contribution in [0.2, 0.25) is 0 Å². The minimum atomic E-state index is -0.800. The van der Waals surface area contributed by atoms with Crippen molar-refractivity contribution in [1.82, 2.24) is 0 Å².